The van der Waals surface area contributed by atoms with Gasteiger partial charge in [-0.05, 0) is 45.7 Å². The predicted molar refractivity (Wildman–Crippen MR) is 72.8 cm³/mol. The highest BCUT2D eigenvalue weighted by Crippen LogP contribution is 2.19. The van der Waals surface area contributed by atoms with Crippen molar-refractivity contribution >= 4 is 11.6 Å². The first kappa shape index (κ1) is 14.6. The summed E-state index contributed by atoms with van der Waals surface area (Å²) in [6.07, 6.45) is 1.23. The van der Waals surface area contributed by atoms with Gasteiger partial charge in [0.2, 0.25) is 5.91 Å². The number of amides is 1. The van der Waals surface area contributed by atoms with E-state index in [1.165, 1.54) is 0 Å². The molecular formula is C14H22N2O2. The van der Waals surface area contributed by atoms with Crippen LogP contribution < -0.4 is 5.32 Å². The van der Waals surface area contributed by atoms with Gasteiger partial charge in [0.25, 0.3) is 0 Å². The van der Waals surface area contributed by atoms with Crippen molar-refractivity contribution in [2.24, 2.45) is 0 Å². The third-order valence-electron chi connectivity index (χ3n) is 2.69. The number of carbonyl (C=O) groups is 1. The molecular weight excluding hydrogens is 228 g/mol. The van der Waals surface area contributed by atoms with Crippen LogP contribution in [0.1, 0.15) is 36.7 Å². The lowest BCUT2D eigenvalue weighted by Crippen LogP contribution is -2.15. The van der Waals surface area contributed by atoms with E-state index in [0.717, 1.165) is 29.1 Å². The Morgan fingerprint density at radius 2 is 2.11 bits per heavy atom. The second-order valence-corrected chi connectivity index (χ2v) is 4.39. The van der Waals surface area contributed by atoms with E-state index in [4.69, 9.17) is 4.74 Å². The minimum Gasteiger partial charge on any atom is -0.382 e. The lowest BCUT2D eigenvalue weighted by molar-refractivity contribution is -0.116. The average Bonchev–Trinajstić information content (AvgIpc) is 2.29. The largest absolute Gasteiger partial charge is 0.382 e. The van der Waals surface area contributed by atoms with Gasteiger partial charge >= 0.3 is 0 Å². The fraction of sp³-hybridized carbons (Fsp3) is 0.571. The summed E-state index contributed by atoms with van der Waals surface area (Å²) in [4.78, 5) is 16.1. The van der Waals surface area contributed by atoms with Crippen molar-refractivity contribution < 1.29 is 9.53 Å². The summed E-state index contributed by atoms with van der Waals surface area (Å²) in [6.45, 7) is 9.13. The molecule has 1 aromatic rings. The van der Waals surface area contributed by atoms with Crippen molar-refractivity contribution in [3.63, 3.8) is 0 Å². The van der Waals surface area contributed by atoms with E-state index in [-0.39, 0.29) is 5.91 Å². The number of rotatable bonds is 6. The normalized spacial score (nSPS) is 10.4. The highest BCUT2D eigenvalue weighted by atomic mass is 16.5. The molecule has 100 valence electrons. The van der Waals surface area contributed by atoms with Crippen LogP contribution >= 0.6 is 0 Å². The van der Waals surface area contributed by atoms with Gasteiger partial charge in [-0.1, -0.05) is 0 Å². The first-order valence-corrected chi connectivity index (χ1v) is 6.37. The van der Waals surface area contributed by atoms with Gasteiger partial charge in [-0.3, -0.25) is 9.78 Å². The first-order valence-electron chi connectivity index (χ1n) is 6.37. The number of nitrogens with zero attached hydrogens (tertiary/aromatic N) is 1. The van der Waals surface area contributed by atoms with Crippen LogP contribution in [-0.4, -0.2) is 24.1 Å². The van der Waals surface area contributed by atoms with Crippen LogP contribution in [0.25, 0.3) is 0 Å². The zero-order valence-electron chi connectivity index (χ0n) is 11.7. The molecule has 0 aromatic carbocycles. The lowest BCUT2D eigenvalue weighted by Gasteiger charge is -2.11. The molecule has 1 heterocycles. The van der Waals surface area contributed by atoms with Gasteiger partial charge in [-0.15, -0.1) is 0 Å². The molecule has 4 nitrogen and oxygen atoms in total. The Hall–Kier alpha value is -1.42. The molecule has 0 atom stereocenters. The molecule has 1 aromatic heterocycles. The van der Waals surface area contributed by atoms with Gasteiger partial charge in [0, 0.05) is 25.3 Å². The molecule has 0 saturated heterocycles. The Bertz CT molecular complexity index is 393. The molecule has 0 aliphatic rings. The Kier molecular flexibility index (Phi) is 5.78. The summed E-state index contributed by atoms with van der Waals surface area (Å²) in [5, 5.41) is 2.93. The Labute approximate surface area is 109 Å². The van der Waals surface area contributed by atoms with Crippen LogP contribution in [0.2, 0.25) is 0 Å². The number of ether oxygens (including phenoxy) is 1. The van der Waals surface area contributed by atoms with Crippen molar-refractivity contribution in [3.8, 4) is 0 Å². The number of carbonyl (C=O) groups excluding carboxylic acids is 1. The monoisotopic (exact) mass is 250 g/mol. The fourth-order valence-electron chi connectivity index (χ4n) is 1.89. The van der Waals surface area contributed by atoms with Crippen LogP contribution in [0.3, 0.4) is 0 Å². The molecule has 18 heavy (non-hydrogen) atoms. The highest BCUT2D eigenvalue weighted by Gasteiger charge is 2.08. The fourth-order valence-corrected chi connectivity index (χ4v) is 1.89. The van der Waals surface area contributed by atoms with E-state index in [1.807, 2.05) is 33.8 Å². The van der Waals surface area contributed by atoms with Crippen LogP contribution in [0, 0.1) is 20.8 Å². The Balaban J connectivity index is 2.54. The minimum absolute atomic E-state index is 0.0200. The number of aryl methyl sites for hydroxylation is 3. The van der Waals surface area contributed by atoms with Crippen molar-refractivity contribution in [2.45, 2.75) is 40.5 Å². The molecule has 1 amide bonds. The summed E-state index contributed by atoms with van der Waals surface area (Å²) in [5.41, 5.74) is 3.73. The van der Waals surface area contributed by atoms with E-state index in [0.29, 0.717) is 19.6 Å². The molecule has 0 aliphatic carbocycles. The zero-order chi connectivity index (χ0) is 13.5. The average molecular weight is 250 g/mol. The lowest BCUT2D eigenvalue weighted by atomic mass is 10.1. The number of anilines is 1. The van der Waals surface area contributed by atoms with Gasteiger partial charge < -0.3 is 10.1 Å². The molecule has 1 rings (SSSR count). The number of hydrogen-bond donors (Lipinski definition) is 1. The standard InChI is InChI=1S/C14H22N2O2/c1-5-18-8-6-7-13(17)16-14-10(2)9-11(3)15-12(14)4/h9H,5-8H2,1-4H3,(H,16,17). The molecule has 0 saturated carbocycles. The summed E-state index contributed by atoms with van der Waals surface area (Å²) in [7, 11) is 0. The van der Waals surface area contributed by atoms with Crippen LogP contribution in [0.4, 0.5) is 5.69 Å². The van der Waals surface area contributed by atoms with Crippen molar-refractivity contribution in [2.75, 3.05) is 18.5 Å². The SMILES string of the molecule is CCOCCCC(=O)Nc1c(C)cc(C)nc1C. The van der Waals surface area contributed by atoms with Crippen molar-refractivity contribution in [1.82, 2.24) is 4.98 Å². The van der Waals surface area contributed by atoms with Gasteiger partial charge in [-0.25, -0.2) is 0 Å². The third-order valence-corrected chi connectivity index (χ3v) is 2.69. The molecule has 0 bridgehead atoms. The second kappa shape index (κ2) is 7.11. The number of pyridine rings is 1. The van der Waals surface area contributed by atoms with Gasteiger partial charge in [0.1, 0.15) is 0 Å². The second-order valence-electron chi connectivity index (χ2n) is 4.39. The molecule has 0 fully saturated rings. The van der Waals surface area contributed by atoms with Gasteiger partial charge in [-0.2, -0.15) is 0 Å². The van der Waals surface area contributed by atoms with Gasteiger partial charge in [0.05, 0.1) is 11.4 Å². The van der Waals surface area contributed by atoms with Crippen molar-refractivity contribution in [1.29, 1.82) is 0 Å². The van der Waals surface area contributed by atoms with Crippen LogP contribution in [0.15, 0.2) is 6.07 Å². The number of aromatic nitrogens is 1. The zero-order valence-corrected chi connectivity index (χ0v) is 11.7. The van der Waals surface area contributed by atoms with Crippen LogP contribution in [-0.2, 0) is 9.53 Å². The Morgan fingerprint density at radius 3 is 2.72 bits per heavy atom. The molecule has 0 spiro atoms. The van der Waals surface area contributed by atoms with Crippen molar-refractivity contribution in [3.05, 3.63) is 23.0 Å². The molecule has 4 heteroatoms. The van der Waals surface area contributed by atoms with E-state index >= 15 is 0 Å². The molecule has 0 unspecified atom stereocenters. The summed E-state index contributed by atoms with van der Waals surface area (Å²) < 4.78 is 5.20. The number of hydrogen-bond acceptors (Lipinski definition) is 3. The van der Waals surface area contributed by atoms with E-state index in [9.17, 15) is 4.79 Å². The number of nitrogens with one attached hydrogen (secondary N) is 1. The summed E-state index contributed by atoms with van der Waals surface area (Å²) in [6, 6.07) is 1.98. The minimum atomic E-state index is 0.0200. The predicted octanol–water partition coefficient (Wildman–Crippen LogP) is 2.76. The topological polar surface area (TPSA) is 51.2 Å². The smallest absolute Gasteiger partial charge is 0.224 e. The maximum absolute atomic E-state index is 11.8. The Morgan fingerprint density at radius 1 is 1.39 bits per heavy atom. The molecule has 1 N–H and O–H groups in total. The van der Waals surface area contributed by atoms with Gasteiger partial charge in [0.15, 0.2) is 0 Å². The maximum Gasteiger partial charge on any atom is 0.224 e. The van der Waals surface area contributed by atoms with Crippen LogP contribution in [0.5, 0.6) is 0 Å². The third kappa shape index (κ3) is 4.45. The highest BCUT2D eigenvalue weighted by molar-refractivity contribution is 5.92. The summed E-state index contributed by atoms with van der Waals surface area (Å²) >= 11 is 0. The molecule has 0 aliphatic heterocycles. The van der Waals surface area contributed by atoms with E-state index in [1.54, 1.807) is 0 Å². The maximum atomic E-state index is 11.8. The first-order chi connectivity index (χ1) is 8.54. The summed E-state index contributed by atoms with van der Waals surface area (Å²) in [5.74, 6) is 0.0200. The molecule has 0 radical (unpaired) electrons. The van der Waals surface area contributed by atoms with E-state index < -0.39 is 0 Å². The van der Waals surface area contributed by atoms with E-state index in [2.05, 4.69) is 10.3 Å². The quantitative estimate of drug-likeness (QED) is 0.790.